The summed E-state index contributed by atoms with van der Waals surface area (Å²) < 4.78 is 65.7. The van der Waals surface area contributed by atoms with E-state index in [-0.39, 0.29) is 27.3 Å². The van der Waals surface area contributed by atoms with Crippen molar-refractivity contribution in [2.24, 2.45) is 0 Å². The molecule has 0 unspecified atom stereocenters. The Kier molecular flexibility index (Phi) is 6.49. The Balaban J connectivity index is 1.74. The number of fused-ring (bicyclic) bond motifs is 1. The first-order valence-corrected chi connectivity index (χ1v) is 11.9. The van der Waals surface area contributed by atoms with Gasteiger partial charge < -0.3 is 10.4 Å². The maximum absolute atomic E-state index is 13.4. The Morgan fingerprint density at radius 2 is 1.62 bits per heavy atom. The van der Waals surface area contributed by atoms with Crippen LogP contribution in [0.25, 0.3) is 5.76 Å². The standard InChI is InChI=1S/C25H16F3N3O5S/c26-25(27,28)17-9-11-18(12-10-17)30-21(32)14-31-22(23(33)16-7-5-15(13-29)6-8-16)24(34)19-3-1-2-4-20(19)37(31,35)36/h1-12,33H,14H2,(H,30,32). The maximum Gasteiger partial charge on any atom is 0.416 e. The Bertz CT molecular complexity index is 1570. The number of rotatable bonds is 4. The number of halogens is 3. The average molecular weight is 527 g/mol. The van der Waals surface area contributed by atoms with E-state index in [9.17, 15) is 36.3 Å². The number of aliphatic hydroxyl groups is 1. The lowest BCUT2D eigenvalue weighted by Gasteiger charge is -2.31. The molecule has 0 aliphatic carbocycles. The lowest BCUT2D eigenvalue weighted by atomic mass is 10.0. The number of hydrogen-bond donors (Lipinski definition) is 2. The SMILES string of the molecule is N#Cc1ccc(C(O)=C2C(=O)c3ccccc3S(=O)(=O)N2CC(=O)Nc2ccc(C(F)(F)F)cc2)cc1. The van der Waals surface area contributed by atoms with E-state index in [1.54, 1.807) is 0 Å². The van der Waals surface area contributed by atoms with Crippen LogP contribution in [0.1, 0.15) is 27.0 Å². The third-order valence-electron chi connectivity index (χ3n) is 5.46. The highest BCUT2D eigenvalue weighted by molar-refractivity contribution is 7.89. The third kappa shape index (κ3) is 4.89. The molecule has 0 spiro atoms. The van der Waals surface area contributed by atoms with Crippen molar-refractivity contribution in [3.8, 4) is 6.07 Å². The first-order chi connectivity index (χ1) is 17.4. The number of amides is 1. The van der Waals surface area contributed by atoms with E-state index in [0.29, 0.717) is 4.31 Å². The van der Waals surface area contributed by atoms with Gasteiger partial charge in [-0.05, 0) is 60.7 Å². The zero-order valence-electron chi connectivity index (χ0n) is 18.7. The highest BCUT2D eigenvalue weighted by Gasteiger charge is 2.42. The largest absolute Gasteiger partial charge is 0.505 e. The topological polar surface area (TPSA) is 128 Å². The van der Waals surface area contributed by atoms with Crippen molar-refractivity contribution in [3.05, 3.63) is 101 Å². The van der Waals surface area contributed by atoms with E-state index < -0.39 is 51.5 Å². The van der Waals surface area contributed by atoms with Crippen LogP contribution in [-0.4, -0.2) is 36.1 Å². The molecule has 188 valence electrons. The third-order valence-corrected chi connectivity index (χ3v) is 7.26. The number of Topliss-reactive ketones (excluding diaryl/α,β-unsaturated/α-hetero) is 1. The average Bonchev–Trinajstić information content (AvgIpc) is 2.87. The number of carbonyl (C=O) groups is 2. The number of anilines is 1. The summed E-state index contributed by atoms with van der Waals surface area (Å²) in [6.45, 7) is -0.959. The molecule has 0 saturated heterocycles. The number of allylic oxidation sites excluding steroid dienone is 1. The number of alkyl halides is 3. The molecule has 0 radical (unpaired) electrons. The van der Waals surface area contributed by atoms with Gasteiger partial charge in [-0.2, -0.15) is 18.4 Å². The van der Waals surface area contributed by atoms with E-state index in [0.717, 1.165) is 24.3 Å². The summed E-state index contributed by atoms with van der Waals surface area (Å²) >= 11 is 0. The van der Waals surface area contributed by atoms with Crippen molar-refractivity contribution in [2.75, 3.05) is 11.9 Å². The summed E-state index contributed by atoms with van der Waals surface area (Å²) in [5.41, 5.74) is -1.61. The quantitative estimate of drug-likeness (QED) is 0.384. The van der Waals surface area contributed by atoms with Gasteiger partial charge in [-0.1, -0.05) is 12.1 Å². The predicted molar refractivity (Wildman–Crippen MR) is 125 cm³/mol. The molecule has 37 heavy (non-hydrogen) atoms. The molecule has 0 saturated carbocycles. The molecule has 0 aromatic heterocycles. The van der Waals surface area contributed by atoms with Crippen LogP contribution in [0, 0.1) is 11.3 Å². The van der Waals surface area contributed by atoms with Crippen LogP contribution in [-0.2, 0) is 21.0 Å². The van der Waals surface area contributed by atoms with E-state index in [1.165, 1.54) is 48.5 Å². The van der Waals surface area contributed by atoms with E-state index in [4.69, 9.17) is 5.26 Å². The molecule has 8 nitrogen and oxygen atoms in total. The monoisotopic (exact) mass is 527 g/mol. The molecule has 1 aliphatic heterocycles. The van der Waals surface area contributed by atoms with Crippen LogP contribution in [0.4, 0.5) is 18.9 Å². The normalized spacial score (nSPS) is 15.9. The summed E-state index contributed by atoms with van der Waals surface area (Å²) in [5.74, 6) is -2.58. The number of sulfonamides is 1. The molecule has 0 bridgehead atoms. The van der Waals surface area contributed by atoms with Crippen LogP contribution in [0.3, 0.4) is 0 Å². The van der Waals surface area contributed by atoms with Gasteiger partial charge in [-0.3, -0.25) is 9.59 Å². The molecule has 0 fully saturated rings. The number of hydrogen-bond acceptors (Lipinski definition) is 6. The molecule has 4 rings (SSSR count). The molecular formula is C25H16F3N3O5S. The van der Waals surface area contributed by atoms with Gasteiger partial charge in [0.2, 0.25) is 11.7 Å². The van der Waals surface area contributed by atoms with Gasteiger partial charge in [0, 0.05) is 16.8 Å². The number of carbonyl (C=O) groups excluding carboxylic acids is 2. The Labute approximate surface area is 208 Å². The molecular weight excluding hydrogens is 511 g/mol. The minimum Gasteiger partial charge on any atom is -0.505 e. The molecule has 3 aromatic rings. The minimum atomic E-state index is -4.58. The van der Waals surface area contributed by atoms with Gasteiger partial charge in [0.15, 0.2) is 5.76 Å². The highest BCUT2D eigenvalue weighted by Crippen LogP contribution is 2.35. The fourth-order valence-electron chi connectivity index (χ4n) is 3.66. The molecule has 1 amide bonds. The fourth-order valence-corrected chi connectivity index (χ4v) is 5.28. The second-order valence-electron chi connectivity index (χ2n) is 7.85. The van der Waals surface area contributed by atoms with Crippen molar-refractivity contribution >= 4 is 33.2 Å². The van der Waals surface area contributed by atoms with Crippen LogP contribution in [0.5, 0.6) is 0 Å². The van der Waals surface area contributed by atoms with Crippen molar-refractivity contribution in [3.63, 3.8) is 0 Å². The first kappa shape index (κ1) is 25.5. The number of nitrogens with one attached hydrogen (secondary N) is 1. The van der Waals surface area contributed by atoms with E-state index in [2.05, 4.69) is 5.32 Å². The van der Waals surface area contributed by atoms with Crippen molar-refractivity contribution in [2.45, 2.75) is 11.1 Å². The summed E-state index contributed by atoms with van der Waals surface area (Å²) in [4.78, 5) is 25.7. The number of aliphatic hydroxyl groups excluding tert-OH is 1. The zero-order chi connectivity index (χ0) is 27.0. The number of benzene rings is 3. The number of nitrogens with zero attached hydrogens (tertiary/aromatic N) is 2. The van der Waals surface area contributed by atoms with Crippen LogP contribution < -0.4 is 5.32 Å². The Morgan fingerprint density at radius 1 is 1.00 bits per heavy atom. The predicted octanol–water partition coefficient (Wildman–Crippen LogP) is 4.33. The Hall–Kier alpha value is -4.63. The van der Waals surface area contributed by atoms with E-state index in [1.807, 2.05) is 6.07 Å². The zero-order valence-corrected chi connectivity index (χ0v) is 19.5. The number of ketones is 1. The summed E-state index contributed by atoms with van der Waals surface area (Å²) in [6, 6.07) is 16.0. The summed E-state index contributed by atoms with van der Waals surface area (Å²) in [5, 5.41) is 22.2. The lowest BCUT2D eigenvalue weighted by molar-refractivity contribution is -0.137. The molecule has 3 aromatic carbocycles. The highest BCUT2D eigenvalue weighted by atomic mass is 32.2. The van der Waals surface area contributed by atoms with Crippen LogP contribution in [0.2, 0.25) is 0 Å². The second-order valence-corrected chi connectivity index (χ2v) is 9.68. The van der Waals surface area contributed by atoms with Crippen molar-refractivity contribution in [1.82, 2.24) is 4.31 Å². The van der Waals surface area contributed by atoms with Gasteiger partial charge in [-0.15, -0.1) is 0 Å². The lowest BCUT2D eigenvalue weighted by Crippen LogP contribution is -2.43. The van der Waals surface area contributed by atoms with Gasteiger partial charge >= 0.3 is 6.18 Å². The van der Waals surface area contributed by atoms with E-state index >= 15 is 0 Å². The summed E-state index contributed by atoms with van der Waals surface area (Å²) in [7, 11) is -4.51. The fraction of sp³-hybridized carbons (Fsp3) is 0.0800. The second kappa shape index (κ2) is 9.44. The van der Waals surface area contributed by atoms with Crippen molar-refractivity contribution in [1.29, 1.82) is 5.26 Å². The maximum atomic E-state index is 13.4. The van der Waals surface area contributed by atoms with Crippen LogP contribution >= 0.6 is 0 Å². The number of nitriles is 1. The van der Waals surface area contributed by atoms with Gasteiger partial charge in [0.25, 0.3) is 10.0 Å². The minimum absolute atomic E-state index is 0.0186. The van der Waals surface area contributed by atoms with Gasteiger partial charge in [0.1, 0.15) is 12.2 Å². The molecule has 1 heterocycles. The first-order valence-electron chi connectivity index (χ1n) is 10.5. The molecule has 12 heteroatoms. The summed E-state index contributed by atoms with van der Waals surface area (Å²) in [6.07, 6.45) is -4.58. The van der Waals surface area contributed by atoms with Gasteiger partial charge in [0.05, 0.1) is 22.1 Å². The molecule has 2 N–H and O–H groups in total. The van der Waals surface area contributed by atoms with Crippen LogP contribution in [0.15, 0.2) is 83.4 Å². The molecule has 0 atom stereocenters. The molecule has 1 aliphatic rings. The Morgan fingerprint density at radius 3 is 2.22 bits per heavy atom. The van der Waals surface area contributed by atoms with Gasteiger partial charge in [-0.25, -0.2) is 12.7 Å². The smallest absolute Gasteiger partial charge is 0.416 e. The van der Waals surface area contributed by atoms with Crippen molar-refractivity contribution < 1.29 is 36.3 Å².